The molecule has 6 heteroatoms. The van der Waals surface area contributed by atoms with Crippen molar-refractivity contribution in [3.8, 4) is 10.8 Å². The van der Waals surface area contributed by atoms with E-state index in [0.717, 1.165) is 24.4 Å². The van der Waals surface area contributed by atoms with Crippen LogP contribution in [0.4, 0.5) is 0 Å². The standard InChI is InChI=1S/C19H23N3O2S/c1-12-5-3-4-6-15(12)24-16-11-20-19(25-16)18(23)21-17-13(2)22-9-7-14(17)8-10-22/h3-6,11,13-14,17H,7-10H2,1-2H3,(H,21,23)/t13-,17-/m0/s1. The summed E-state index contributed by atoms with van der Waals surface area (Å²) in [5.41, 5.74) is 1.06. The first kappa shape index (κ1) is 16.5. The van der Waals surface area contributed by atoms with Gasteiger partial charge in [0.25, 0.3) is 5.91 Å². The molecular formula is C19H23N3O2S. The fourth-order valence-electron chi connectivity index (χ4n) is 3.95. The molecule has 0 aliphatic carbocycles. The topological polar surface area (TPSA) is 54.5 Å². The van der Waals surface area contributed by atoms with Crippen LogP contribution >= 0.6 is 11.3 Å². The molecule has 0 spiro atoms. The summed E-state index contributed by atoms with van der Waals surface area (Å²) in [7, 11) is 0. The SMILES string of the molecule is Cc1ccccc1Oc1cnc(C(=O)N[C@@H]2C3CCN(CC3)[C@H]2C)s1. The molecule has 2 atom stereocenters. The number of amides is 1. The second kappa shape index (κ2) is 6.77. The van der Waals surface area contributed by atoms with Crippen LogP contribution in [-0.2, 0) is 0 Å². The van der Waals surface area contributed by atoms with Gasteiger partial charge in [0, 0.05) is 12.1 Å². The van der Waals surface area contributed by atoms with Gasteiger partial charge in [-0.2, -0.15) is 0 Å². The van der Waals surface area contributed by atoms with Crippen LogP contribution in [0.25, 0.3) is 0 Å². The van der Waals surface area contributed by atoms with E-state index in [0.29, 0.717) is 22.0 Å². The van der Waals surface area contributed by atoms with Gasteiger partial charge in [-0.15, -0.1) is 0 Å². The first-order valence-corrected chi connectivity index (χ1v) is 9.67. The molecule has 5 rings (SSSR count). The number of nitrogens with one attached hydrogen (secondary N) is 1. The summed E-state index contributed by atoms with van der Waals surface area (Å²) in [4.78, 5) is 19.4. The van der Waals surface area contributed by atoms with Gasteiger partial charge in [0.05, 0.1) is 6.20 Å². The predicted molar refractivity (Wildman–Crippen MR) is 98.4 cm³/mol. The number of nitrogens with zero attached hydrogens (tertiary/aromatic N) is 2. The van der Waals surface area contributed by atoms with Crippen LogP contribution in [0.1, 0.15) is 35.1 Å². The van der Waals surface area contributed by atoms with E-state index in [1.54, 1.807) is 6.20 Å². The zero-order chi connectivity index (χ0) is 17.4. The van der Waals surface area contributed by atoms with E-state index in [4.69, 9.17) is 4.74 Å². The summed E-state index contributed by atoms with van der Waals surface area (Å²) in [6, 6.07) is 8.45. The third-order valence-corrected chi connectivity index (χ3v) is 6.33. The van der Waals surface area contributed by atoms with Crippen molar-refractivity contribution < 1.29 is 9.53 Å². The summed E-state index contributed by atoms with van der Waals surface area (Å²) < 4.78 is 5.87. The Hall–Kier alpha value is -1.92. The summed E-state index contributed by atoms with van der Waals surface area (Å²) in [5, 5.41) is 4.32. The molecule has 2 aromatic rings. The van der Waals surface area contributed by atoms with Crippen LogP contribution in [0.2, 0.25) is 0 Å². The third kappa shape index (κ3) is 3.28. The molecule has 1 N–H and O–H groups in total. The molecule has 3 aliphatic rings. The largest absolute Gasteiger partial charge is 0.445 e. The number of ether oxygens (including phenoxy) is 1. The van der Waals surface area contributed by atoms with E-state index in [1.807, 2.05) is 31.2 Å². The van der Waals surface area contributed by atoms with E-state index in [-0.39, 0.29) is 11.9 Å². The minimum absolute atomic E-state index is 0.0877. The molecule has 3 fully saturated rings. The van der Waals surface area contributed by atoms with E-state index < -0.39 is 0 Å². The van der Waals surface area contributed by atoms with Crippen molar-refractivity contribution >= 4 is 17.2 Å². The highest BCUT2D eigenvalue weighted by Gasteiger charge is 2.40. The Bertz CT molecular complexity index is 766. The maximum atomic E-state index is 12.6. The number of carbonyl (C=O) groups excluding carboxylic acids is 1. The van der Waals surface area contributed by atoms with Crippen LogP contribution in [0.3, 0.4) is 0 Å². The number of piperidine rings is 3. The van der Waals surface area contributed by atoms with Crippen molar-refractivity contribution in [2.75, 3.05) is 13.1 Å². The molecule has 1 amide bonds. The molecule has 0 saturated carbocycles. The quantitative estimate of drug-likeness (QED) is 0.910. The molecule has 132 valence electrons. The Morgan fingerprint density at radius 2 is 2.08 bits per heavy atom. The molecule has 1 aromatic carbocycles. The van der Waals surface area contributed by atoms with Crippen molar-refractivity contribution in [3.63, 3.8) is 0 Å². The van der Waals surface area contributed by atoms with Gasteiger partial charge in [-0.3, -0.25) is 9.69 Å². The maximum Gasteiger partial charge on any atom is 0.280 e. The lowest BCUT2D eigenvalue weighted by atomic mass is 9.79. The van der Waals surface area contributed by atoms with Crippen molar-refractivity contribution in [2.24, 2.45) is 5.92 Å². The van der Waals surface area contributed by atoms with Gasteiger partial charge < -0.3 is 10.1 Å². The van der Waals surface area contributed by atoms with Crippen molar-refractivity contribution in [1.82, 2.24) is 15.2 Å². The molecular weight excluding hydrogens is 334 g/mol. The van der Waals surface area contributed by atoms with Crippen molar-refractivity contribution in [2.45, 2.75) is 38.8 Å². The molecule has 0 unspecified atom stereocenters. The second-order valence-electron chi connectivity index (χ2n) is 6.97. The summed E-state index contributed by atoms with van der Waals surface area (Å²) >= 11 is 1.30. The van der Waals surface area contributed by atoms with Crippen LogP contribution < -0.4 is 10.1 Å². The number of rotatable bonds is 4. The Morgan fingerprint density at radius 1 is 1.32 bits per heavy atom. The lowest BCUT2D eigenvalue weighted by molar-refractivity contribution is 0.0217. The first-order chi connectivity index (χ1) is 12.1. The maximum absolute atomic E-state index is 12.6. The first-order valence-electron chi connectivity index (χ1n) is 8.86. The van der Waals surface area contributed by atoms with E-state index in [1.165, 1.54) is 24.2 Å². The smallest absolute Gasteiger partial charge is 0.280 e. The van der Waals surface area contributed by atoms with Crippen LogP contribution in [0.15, 0.2) is 30.5 Å². The van der Waals surface area contributed by atoms with E-state index >= 15 is 0 Å². The second-order valence-corrected chi connectivity index (χ2v) is 7.96. The molecule has 2 bridgehead atoms. The Balaban J connectivity index is 1.43. The molecule has 25 heavy (non-hydrogen) atoms. The van der Waals surface area contributed by atoms with Gasteiger partial charge >= 0.3 is 0 Å². The van der Waals surface area contributed by atoms with Crippen LogP contribution in [-0.4, -0.2) is 41.0 Å². The summed E-state index contributed by atoms with van der Waals surface area (Å²) in [6.07, 6.45) is 3.98. The van der Waals surface area contributed by atoms with Gasteiger partial charge in [0.2, 0.25) is 5.06 Å². The van der Waals surface area contributed by atoms with Crippen LogP contribution in [0, 0.1) is 12.8 Å². The van der Waals surface area contributed by atoms with E-state index in [2.05, 4.69) is 22.1 Å². The zero-order valence-corrected chi connectivity index (χ0v) is 15.4. The summed E-state index contributed by atoms with van der Waals surface area (Å²) in [5.74, 6) is 1.30. The number of fused-ring (bicyclic) bond motifs is 3. The highest BCUT2D eigenvalue weighted by molar-refractivity contribution is 7.15. The van der Waals surface area contributed by atoms with Crippen molar-refractivity contribution in [1.29, 1.82) is 0 Å². The Kier molecular flexibility index (Phi) is 4.48. The number of aromatic nitrogens is 1. The zero-order valence-electron chi connectivity index (χ0n) is 14.6. The number of benzene rings is 1. The lowest BCUT2D eigenvalue weighted by Gasteiger charge is -2.49. The Labute approximate surface area is 152 Å². The average Bonchev–Trinajstić information content (AvgIpc) is 3.09. The minimum atomic E-state index is -0.0877. The van der Waals surface area contributed by atoms with Crippen molar-refractivity contribution in [3.05, 3.63) is 41.0 Å². The van der Waals surface area contributed by atoms with Gasteiger partial charge in [-0.25, -0.2) is 4.98 Å². The highest BCUT2D eigenvalue weighted by Crippen LogP contribution is 2.33. The average molecular weight is 357 g/mol. The molecule has 1 aromatic heterocycles. The molecule has 5 nitrogen and oxygen atoms in total. The predicted octanol–water partition coefficient (Wildman–Crippen LogP) is 3.46. The number of hydrogen-bond acceptors (Lipinski definition) is 5. The fraction of sp³-hybridized carbons (Fsp3) is 0.474. The van der Waals surface area contributed by atoms with Gasteiger partial charge in [0.1, 0.15) is 5.75 Å². The minimum Gasteiger partial charge on any atom is -0.445 e. The van der Waals surface area contributed by atoms with E-state index in [9.17, 15) is 4.79 Å². The lowest BCUT2D eigenvalue weighted by Crippen LogP contribution is -2.62. The monoisotopic (exact) mass is 357 g/mol. The molecule has 3 aliphatic heterocycles. The third-order valence-electron chi connectivity index (χ3n) is 5.46. The van der Waals surface area contributed by atoms with Gasteiger partial charge in [-0.1, -0.05) is 29.5 Å². The van der Waals surface area contributed by atoms with Gasteiger partial charge in [-0.05, 0) is 57.3 Å². The molecule has 0 radical (unpaired) electrons. The number of carbonyl (C=O) groups is 1. The highest BCUT2D eigenvalue weighted by atomic mass is 32.1. The number of hydrogen-bond donors (Lipinski definition) is 1. The summed E-state index contributed by atoms with van der Waals surface area (Å²) in [6.45, 7) is 6.53. The van der Waals surface area contributed by atoms with Gasteiger partial charge in [0.15, 0.2) is 5.01 Å². The molecule has 3 saturated heterocycles. The number of para-hydroxylation sites is 1. The van der Waals surface area contributed by atoms with Crippen LogP contribution in [0.5, 0.6) is 10.8 Å². The number of aryl methyl sites for hydroxylation is 1. The Morgan fingerprint density at radius 3 is 2.80 bits per heavy atom. The molecule has 4 heterocycles. The number of thiazole rings is 1. The normalized spacial score (nSPS) is 27.9. The fourth-order valence-corrected chi connectivity index (χ4v) is 4.63.